The van der Waals surface area contributed by atoms with Crippen molar-refractivity contribution in [3.63, 3.8) is 0 Å². The largest absolute Gasteiger partial charge is 0.374 e. The molecule has 2 aliphatic heterocycles. The van der Waals surface area contributed by atoms with Gasteiger partial charge in [0.15, 0.2) is 6.29 Å². The van der Waals surface area contributed by atoms with Crippen LogP contribution in [0.25, 0.3) is 5.57 Å². The Kier molecular flexibility index (Phi) is 4.32. The molecular formula is C20H28N2O3. The first-order valence-electron chi connectivity index (χ1n) is 9.50. The lowest BCUT2D eigenvalue weighted by molar-refractivity contribution is -0.0395. The first-order chi connectivity index (χ1) is 12.0. The van der Waals surface area contributed by atoms with Gasteiger partial charge in [-0.25, -0.2) is 4.68 Å². The van der Waals surface area contributed by atoms with Crippen molar-refractivity contribution in [3.05, 3.63) is 23.5 Å². The summed E-state index contributed by atoms with van der Waals surface area (Å²) in [7, 11) is 0. The lowest BCUT2D eigenvalue weighted by Crippen LogP contribution is -2.30. The number of hydrogen-bond acceptors (Lipinski definition) is 4. The van der Waals surface area contributed by atoms with Gasteiger partial charge in [-0.3, -0.25) is 4.79 Å². The molecule has 25 heavy (non-hydrogen) atoms. The molecule has 2 saturated heterocycles. The normalized spacial score (nSPS) is 31.9. The second kappa shape index (κ2) is 6.36. The highest BCUT2D eigenvalue weighted by atomic mass is 16.5. The van der Waals surface area contributed by atoms with Crippen LogP contribution in [0.2, 0.25) is 0 Å². The molecule has 3 heterocycles. The number of aromatic nitrogens is 2. The molecule has 3 aliphatic rings. The van der Waals surface area contributed by atoms with Gasteiger partial charge in [-0.05, 0) is 55.9 Å². The molecule has 0 N–H and O–H groups in total. The summed E-state index contributed by atoms with van der Waals surface area (Å²) in [5, 5.41) is 4.49. The molecule has 1 aromatic heterocycles. The Morgan fingerprint density at radius 3 is 2.84 bits per heavy atom. The third-order valence-corrected chi connectivity index (χ3v) is 5.81. The maximum atomic E-state index is 11.5. The minimum atomic E-state index is -0.0318. The molecule has 5 nitrogen and oxygen atoms in total. The van der Waals surface area contributed by atoms with Gasteiger partial charge in [-0.2, -0.15) is 5.10 Å². The maximum Gasteiger partial charge on any atom is 0.170 e. The van der Waals surface area contributed by atoms with Gasteiger partial charge in [0, 0.05) is 18.4 Å². The van der Waals surface area contributed by atoms with Gasteiger partial charge in [0.2, 0.25) is 0 Å². The summed E-state index contributed by atoms with van der Waals surface area (Å²) in [4.78, 5) is 11.5. The topological polar surface area (TPSA) is 53.4 Å². The second-order valence-electron chi connectivity index (χ2n) is 8.59. The molecule has 136 valence electrons. The molecule has 0 aromatic carbocycles. The molecular weight excluding hydrogens is 316 g/mol. The van der Waals surface area contributed by atoms with E-state index in [-0.39, 0.29) is 17.2 Å². The number of nitrogens with zero attached hydrogens (tertiary/aromatic N) is 2. The zero-order valence-electron chi connectivity index (χ0n) is 15.3. The number of ether oxygens (including phenoxy) is 2. The highest BCUT2D eigenvalue weighted by Crippen LogP contribution is 2.47. The third-order valence-electron chi connectivity index (χ3n) is 5.81. The van der Waals surface area contributed by atoms with Crippen molar-refractivity contribution in [2.75, 3.05) is 13.2 Å². The Balaban J connectivity index is 1.55. The minimum Gasteiger partial charge on any atom is -0.374 e. The quantitative estimate of drug-likeness (QED) is 0.773. The summed E-state index contributed by atoms with van der Waals surface area (Å²) in [6.07, 6.45) is 12.3. The first-order valence-corrected chi connectivity index (χ1v) is 9.50. The number of hydrogen-bond donors (Lipinski definition) is 0. The van der Waals surface area contributed by atoms with Gasteiger partial charge in [-0.1, -0.05) is 19.9 Å². The van der Waals surface area contributed by atoms with Crippen LogP contribution < -0.4 is 0 Å². The monoisotopic (exact) mass is 344 g/mol. The van der Waals surface area contributed by atoms with Crippen molar-refractivity contribution in [1.82, 2.24) is 9.78 Å². The Hall–Kier alpha value is -1.46. The maximum absolute atomic E-state index is 11.5. The first kappa shape index (κ1) is 17.0. The summed E-state index contributed by atoms with van der Waals surface area (Å²) in [6.45, 7) is 6.17. The number of allylic oxidation sites excluding steroid dienone is 1. The molecule has 0 radical (unpaired) electrons. The fourth-order valence-corrected chi connectivity index (χ4v) is 4.55. The van der Waals surface area contributed by atoms with Crippen LogP contribution in [0.1, 0.15) is 81.1 Å². The predicted octanol–water partition coefficient (Wildman–Crippen LogP) is 4.15. The summed E-state index contributed by atoms with van der Waals surface area (Å²) < 4.78 is 13.8. The van der Waals surface area contributed by atoms with E-state index in [0.717, 1.165) is 70.0 Å². The number of rotatable bonds is 3. The zero-order chi connectivity index (χ0) is 17.5. The van der Waals surface area contributed by atoms with Crippen LogP contribution in [0.3, 0.4) is 0 Å². The van der Waals surface area contributed by atoms with Crippen molar-refractivity contribution in [2.45, 2.75) is 70.6 Å². The Bertz CT molecular complexity index is 685. The fourth-order valence-electron chi connectivity index (χ4n) is 4.55. The van der Waals surface area contributed by atoms with Gasteiger partial charge < -0.3 is 9.47 Å². The SMILES string of the molecule is CC1(C)COC2(CC=C(c3cn([C@H]4CCCCO4)nc3C=O)CC2)C1. The van der Waals surface area contributed by atoms with E-state index < -0.39 is 0 Å². The summed E-state index contributed by atoms with van der Waals surface area (Å²) >= 11 is 0. The van der Waals surface area contributed by atoms with Crippen LogP contribution >= 0.6 is 0 Å². The second-order valence-corrected chi connectivity index (χ2v) is 8.59. The molecule has 0 saturated carbocycles. The molecule has 1 aromatic rings. The molecule has 1 unspecified atom stereocenters. The van der Waals surface area contributed by atoms with Crippen LogP contribution in [0.5, 0.6) is 0 Å². The van der Waals surface area contributed by atoms with Gasteiger partial charge in [0.05, 0.1) is 12.2 Å². The van der Waals surface area contributed by atoms with Crippen LogP contribution in [0.15, 0.2) is 12.3 Å². The third kappa shape index (κ3) is 3.32. The van der Waals surface area contributed by atoms with E-state index in [9.17, 15) is 4.79 Å². The van der Waals surface area contributed by atoms with Gasteiger partial charge in [0.1, 0.15) is 11.9 Å². The molecule has 5 heteroatoms. The van der Waals surface area contributed by atoms with Crippen LogP contribution in [0.4, 0.5) is 0 Å². The van der Waals surface area contributed by atoms with Crippen molar-refractivity contribution < 1.29 is 14.3 Å². The standard InChI is InChI=1S/C20H28N2O3/c1-19(2)13-20(25-14-19)8-6-15(7-9-20)16-11-22(21-17(16)12-23)18-5-3-4-10-24-18/h6,11-12,18H,3-5,7-10,13-14H2,1-2H3/t18-,20?/m1/s1. The van der Waals surface area contributed by atoms with Crippen molar-refractivity contribution in [1.29, 1.82) is 0 Å². The zero-order valence-corrected chi connectivity index (χ0v) is 15.3. The van der Waals surface area contributed by atoms with Gasteiger partial charge >= 0.3 is 0 Å². The molecule has 2 fully saturated rings. The molecule has 1 spiro atoms. The average molecular weight is 344 g/mol. The van der Waals surface area contributed by atoms with E-state index in [1.807, 2.05) is 10.9 Å². The summed E-state index contributed by atoms with van der Waals surface area (Å²) in [5.74, 6) is 0. The van der Waals surface area contributed by atoms with Crippen LogP contribution in [-0.4, -0.2) is 34.9 Å². The Morgan fingerprint density at radius 1 is 1.36 bits per heavy atom. The highest BCUT2D eigenvalue weighted by Gasteiger charge is 2.45. The summed E-state index contributed by atoms with van der Waals surface area (Å²) in [5.41, 5.74) is 2.99. The molecule has 0 amide bonds. The predicted molar refractivity (Wildman–Crippen MR) is 95.4 cm³/mol. The number of carbonyl (C=O) groups excluding carboxylic acids is 1. The van der Waals surface area contributed by atoms with Crippen molar-refractivity contribution >= 4 is 11.9 Å². The highest BCUT2D eigenvalue weighted by molar-refractivity contribution is 5.83. The Labute approximate surface area is 149 Å². The molecule has 0 bridgehead atoms. The van der Waals surface area contributed by atoms with Gasteiger partial charge in [-0.15, -0.1) is 0 Å². The smallest absolute Gasteiger partial charge is 0.170 e. The van der Waals surface area contributed by atoms with E-state index in [1.54, 1.807) is 0 Å². The average Bonchev–Trinajstić information content (AvgIpc) is 3.18. The van der Waals surface area contributed by atoms with E-state index in [4.69, 9.17) is 9.47 Å². The van der Waals surface area contributed by atoms with E-state index >= 15 is 0 Å². The van der Waals surface area contributed by atoms with Crippen molar-refractivity contribution in [3.8, 4) is 0 Å². The summed E-state index contributed by atoms with van der Waals surface area (Å²) in [6, 6.07) is 0. The number of carbonyl (C=O) groups is 1. The number of aldehydes is 1. The minimum absolute atomic E-state index is 0.00316. The Morgan fingerprint density at radius 2 is 2.24 bits per heavy atom. The van der Waals surface area contributed by atoms with E-state index in [0.29, 0.717) is 5.69 Å². The molecule has 4 rings (SSSR count). The van der Waals surface area contributed by atoms with Crippen LogP contribution in [-0.2, 0) is 9.47 Å². The fraction of sp³-hybridized carbons (Fsp3) is 0.700. The van der Waals surface area contributed by atoms with Crippen molar-refractivity contribution in [2.24, 2.45) is 5.41 Å². The lowest BCUT2D eigenvalue weighted by atomic mass is 9.76. The lowest BCUT2D eigenvalue weighted by Gasteiger charge is -2.32. The van der Waals surface area contributed by atoms with Gasteiger partial charge in [0.25, 0.3) is 0 Å². The van der Waals surface area contributed by atoms with E-state index in [1.165, 1.54) is 5.57 Å². The molecule has 1 aliphatic carbocycles. The van der Waals surface area contributed by atoms with E-state index in [2.05, 4.69) is 25.0 Å². The van der Waals surface area contributed by atoms with Crippen LogP contribution in [0, 0.1) is 5.41 Å². The molecule has 2 atom stereocenters.